The third kappa shape index (κ3) is 1.39. The molecular formula is C5H5BF3O2-. The van der Waals surface area contributed by atoms with Crippen molar-refractivity contribution in [2.75, 3.05) is 6.61 Å². The third-order valence-electron chi connectivity index (χ3n) is 1.54. The van der Waals surface area contributed by atoms with E-state index in [0.717, 1.165) is 6.92 Å². The van der Waals surface area contributed by atoms with Crippen molar-refractivity contribution in [1.82, 2.24) is 0 Å². The molecule has 0 aliphatic carbocycles. The molecule has 0 aromatic carbocycles. The molecule has 0 N–H and O–H groups in total. The van der Waals surface area contributed by atoms with Crippen LogP contribution in [0.5, 0.6) is 0 Å². The zero-order chi connectivity index (χ0) is 8.65. The fraction of sp³-hybridized carbons (Fsp3) is 0.400. The molecule has 0 saturated heterocycles. The molecule has 0 saturated carbocycles. The lowest BCUT2D eigenvalue weighted by atomic mass is 9.78. The van der Waals surface area contributed by atoms with Crippen LogP contribution in [-0.2, 0) is 9.53 Å². The van der Waals surface area contributed by atoms with E-state index < -0.39 is 25.0 Å². The quantitative estimate of drug-likeness (QED) is 0.431. The standard InChI is InChI=1S/C5H5BF3O2/c1-3-4(6(7,8)9)2-11-5(3)10/h2H2,1H3/q-1. The molecular weight excluding hydrogens is 160 g/mol. The van der Waals surface area contributed by atoms with Crippen molar-refractivity contribution < 1.29 is 22.5 Å². The molecule has 0 atom stereocenters. The Bertz CT molecular complexity index is 230. The van der Waals surface area contributed by atoms with E-state index in [1.807, 2.05) is 0 Å². The Labute approximate surface area is 61.1 Å². The molecule has 0 amide bonds. The van der Waals surface area contributed by atoms with Crippen molar-refractivity contribution in [3.63, 3.8) is 0 Å². The SMILES string of the molecule is CC1=C([B-](F)(F)F)COC1=O. The van der Waals surface area contributed by atoms with Gasteiger partial charge in [-0.15, -0.1) is 0 Å². The van der Waals surface area contributed by atoms with Gasteiger partial charge in [0.05, 0.1) is 6.61 Å². The molecule has 0 fully saturated rings. The Morgan fingerprint density at radius 2 is 2.00 bits per heavy atom. The molecule has 0 aromatic rings. The zero-order valence-electron chi connectivity index (χ0n) is 5.73. The molecule has 2 nitrogen and oxygen atoms in total. The largest absolute Gasteiger partial charge is 0.509 e. The molecule has 0 radical (unpaired) electrons. The number of cyclic esters (lactones) is 1. The van der Waals surface area contributed by atoms with Crippen molar-refractivity contribution in [2.24, 2.45) is 0 Å². The van der Waals surface area contributed by atoms with E-state index in [9.17, 15) is 17.7 Å². The van der Waals surface area contributed by atoms with Crippen LogP contribution in [0.3, 0.4) is 0 Å². The van der Waals surface area contributed by atoms with Crippen molar-refractivity contribution in [2.45, 2.75) is 6.92 Å². The summed E-state index contributed by atoms with van der Waals surface area (Å²) in [5.41, 5.74) is -1.12. The van der Waals surface area contributed by atoms with Gasteiger partial charge < -0.3 is 17.7 Å². The first kappa shape index (κ1) is 8.16. The highest BCUT2D eigenvalue weighted by atomic mass is 19.4. The van der Waals surface area contributed by atoms with Crippen LogP contribution in [0.2, 0.25) is 0 Å². The molecule has 0 bridgehead atoms. The van der Waals surface area contributed by atoms with Gasteiger partial charge in [-0.3, -0.25) is 0 Å². The summed E-state index contributed by atoms with van der Waals surface area (Å²) in [4.78, 5) is 10.5. The zero-order valence-corrected chi connectivity index (χ0v) is 5.73. The molecule has 0 unspecified atom stereocenters. The van der Waals surface area contributed by atoms with E-state index in [2.05, 4.69) is 4.74 Å². The molecule has 62 valence electrons. The van der Waals surface area contributed by atoms with E-state index in [4.69, 9.17) is 0 Å². The number of halogens is 3. The molecule has 0 spiro atoms. The average Bonchev–Trinajstić information content (AvgIpc) is 2.11. The van der Waals surface area contributed by atoms with Gasteiger partial charge in [-0.1, -0.05) is 5.47 Å². The average molecular weight is 165 g/mol. The van der Waals surface area contributed by atoms with Crippen LogP contribution >= 0.6 is 0 Å². The van der Waals surface area contributed by atoms with Crippen LogP contribution in [0.4, 0.5) is 12.9 Å². The third-order valence-corrected chi connectivity index (χ3v) is 1.54. The van der Waals surface area contributed by atoms with Crippen molar-refractivity contribution >= 4 is 12.9 Å². The summed E-state index contributed by atoms with van der Waals surface area (Å²) in [6, 6.07) is 0. The lowest BCUT2D eigenvalue weighted by Crippen LogP contribution is -2.21. The van der Waals surface area contributed by atoms with Gasteiger partial charge in [-0.05, 0) is 6.92 Å². The summed E-state index contributed by atoms with van der Waals surface area (Å²) >= 11 is 0. The lowest BCUT2D eigenvalue weighted by molar-refractivity contribution is -0.135. The first-order chi connectivity index (χ1) is 4.93. The highest BCUT2D eigenvalue weighted by Crippen LogP contribution is 2.27. The maximum Gasteiger partial charge on any atom is 0.509 e. The molecule has 0 aromatic heterocycles. The molecule has 1 aliphatic heterocycles. The minimum absolute atomic E-state index is 0.308. The van der Waals surface area contributed by atoms with Gasteiger partial charge in [-0.2, -0.15) is 0 Å². The van der Waals surface area contributed by atoms with Gasteiger partial charge in [-0.25, -0.2) is 4.79 Å². The predicted octanol–water partition coefficient (Wildman–Crippen LogP) is 1.25. The monoisotopic (exact) mass is 165 g/mol. The highest BCUT2D eigenvalue weighted by Gasteiger charge is 2.36. The summed E-state index contributed by atoms with van der Waals surface area (Å²) in [6.45, 7) is -4.54. The van der Waals surface area contributed by atoms with Gasteiger partial charge in [0.15, 0.2) is 0 Å². The minimum atomic E-state index is -5.05. The Kier molecular flexibility index (Phi) is 1.70. The fourth-order valence-corrected chi connectivity index (χ4v) is 0.831. The molecule has 11 heavy (non-hydrogen) atoms. The van der Waals surface area contributed by atoms with E-state index in [0.29, 0.717) is 0 Å². The Morgan fingerprint density at radius 3 is 2.18 bits per heavy atom. The van der Waals surface area contributed by atoms with Gasteiger partial charge in [0.2, 0.25) is 0 Å². The highest BCUT2D eigenvalue weighted by molar-refractivity contribution is 6.67. The smallest absolute Gasteiger partial charge is 0.461 e. The number of hydrogen-bond donors (Lipinski definition) is 0. The van der Waals surface area contributed by atoms with Crippen molar-refractivity contribution in [1.29, 1.82) is 0 Å². The van der Waals surface area contributed by atoms with Gasteiger partial charge in [0.1, 0.15) is 0 Å². The van der Waals surface area contributed by atoms with E-state index in [1.165, 1.54) is 0 Å². The van der Waals surface area contributed by atoms with Gasteiger partial charge in [0.25, 0.3) is 0 Å². The molecule has 1 aliphatic rings. The summed E-state index contributed by atoms with van der Waals surface area (Å²) < 4.78 is 40.1. The van der Waals surface area contributed by atoms with Crippen molar-refractivity contribution in [3.8, 4) is 0 Å². The van der Waals surface area contributed by atoms with Crippen LogP contribution in [0.25, 0.3) is 0 Å². The van der Waals surface area contributed by atoms with E-state index in [1.54, 1.807) is 0 Å². The number of carbonyl (C=O) groups is 1. The molecule has 1 rings (SSSR count). The minimum Gasteiger partial charge on any atom is -0.461 e. The number of ether oxygens (including phenoxy) is 1. The summed E-state index contributed by atoms with van der Waals surface area (Å²) in [6.07, 6.45) is 0. The Morgan fingerprint density at radius 1 is 1.45 bits per heavy atom. The number of hydrogen-bond acceptors (Lipinski definition) is 2. The topological polar surface area (TPSA) is 26.3 Å². The van der Waals surface area contributed by atoms with Crippen LogP contribution in [0.1, 0.15) is 6.92 Å². The summed E-state index contributed by atoms with van der Waals surface area (Å²) in [7, 11) is 0. The van der Waals surface area contributed by atoms with Crippen LogP contribution in [0, 0.1) is 0 Å². The second-order valence-electron chi connectivity index (χ2n) is 2.30. The Balaban J connectivity index is 2.98. The first-order valence-corrected chi connectivity index (χ1v) is 2.99. The first-order valence-electron chi connectivity index (χ1n) is 2.99. The number of rotatable bonds is 1. The maximum atomic E-state index is 12.0. The predicted molar refractivity (Wildman–Crippen MR) is 32.7 cm³/mol. The van der Waals surface area contributed by atoms with Gasteiger partial charge >= 0.3 is 12.9 Å². The Hall–Kier alpha value is -0.935. The van der Waals surface area contributed by atoms with Crippen LogP contribution in [-0.4, -0.2) is 19.6 Å². The van der Waals surface area contributed by atoms with Gasteiger partial charge in [0, 0.05) is 5.57 Å². The molecule has 1 heterocycles. The van der Waals surface area contributed by atoms with Crippen molar-refractivity contribution in [3.05, 3.63) is 11.0 Å². The maximum absolute atomic E-state index is 12.0. The fourth-order valence-electron chi connectivity index (χ4n) is 0.831. The summed E-state index contributed by atoms with van der Waals surface area (Å²) in [5, 5.41) is 0. The van der Waals surface area contributed by atoms with E-state index in [-0.39, 0.29) is 5.57 Å². The van der Waals surface area contributed by atoms with E-state index >= 15 is 0 Å². The van der Waals surface area contributed by atoms with Crippen LogP contribution in [0.15, 0.2) is 11.0 Å². The second-order valence-corrected chi connectivity index (χ2v) is 2.30. The van der Waals surface area contributed by atoms with Crippen LogP contribution < -0.4 is 0 Å². The second kappa shape index (κ2) is 2.28. The number of esters is 1. The normalized spacial score (nSPS) is 19.1. The summed E-state index contributed by atoms with van der Waals surface area (Å²) in [5.74, 6) is -0.862. The molecule has 6 heteroatoms. The lowest BCUT2D eigenvalue weighted by Gasteiger charge is -2.14. The number of carbonyl (C=O) groups excluding carboxylic acids is 1.